The average molecular weight is 397 g/mol. The van der Waals surface area contributed by atoms with Crippen LogP contribution in [0.25, 0.3) is 22.5 Å². The van der Waals surface area contributed by atoms with E-state index in [2.05, 4.69) is 0 Å². The number of hydrogen-bond acceptors (Lipinski definition) is 6. The zero-order valence-corrected chi connectivity index (χ0v) is 15.1. The van der Waals surface area contributed by atoms with Crippen molar-refractivity contribution >= 4 is 28.5 Å². The maximum absolute atomic E-state index is 12.4. The van der Waals surface area contributed by atoms with Crippen LogP contribution in [0.15, 0.2) is 80.6 Å². The molecule has 0 aliphatic heterocycles. The molecule has 4 rings (SSSR count). The number of benzene rings is 2. The third kappa shape index (κ3) is 3.92. The van der Waals surface area contributed by atoms with E-state index < -0.39 is 5.97 Å². The fourth-order valence-electron chi connectivity index (χ4n) is 2.57. The van der Waals surface area contributed by atoms with E-state index in [9.17, 15) is 9.59 Å². The second-order valence-corrected chi connectivity index (χ2v) is 6.26. The Morgan fingerprint density at radius 2 is 1.75 bits per heavy atom. The average Bonchev–Trinajstić information content (AvgIpc) is 3.23. The van der Waals surface area contributed by atoms with Crippen LogP contribution in [0.4, 0.5) is 0 Å². The molecule has 2 heterocycles. The van der Waals surface area contributed by atoms with Crippen molar-refractivity contribution in [2.24, 2.45) is 0 Å². The van der Waals surface area contributed by atoms with Gasteiger partial charge >= 0.3 is 5.97 Å². The number of carbonyl (C=O) groups excluding carboxylic acids is 1. The molecule has 0 spiro atoms. The minimum Gasteiger partial charge on any atom is -0.482 e. The quantitative estimate of drug-likeness (QED) is 0.359. The van der Waals surface area contributed by atoms with Gasteiger partial charge in [-0.3, -0.25) is 4.79 Å². The molecule has 4 aromatic rings. The van der Waals surface area contributed by atoms with Crippen molar-refractivity contribution in [2.75, 3.05) is 6.61 Å². The van der Waals surface area contributed by atoms with Crippen molar-refractivity contribution in [1.29, 1.82) is 0 Å². The first-order chi connectivity index (χ1) is 13.6. The number of halogens is 1. The molecule has 0 radical (unpaired) electrons. The molecule has 0 atom stereocenters. The molecule has 0 N–H and O–H groups in total. The lowest BCUT2D eigenvalue weighted by molar-refractivity contribution is -0.136. The van der Waals surface area contributed by atoms with Crippen molar-refractivity contribution in [1.82, 2.24) is 0 Å². The first-order valence-corrected chi connectivity index (χ1v) is 8.67. The maximum atomic E-state index is 12.4. The van der Waals surface area contributed by atoms with Gasteiger partial charge in [0.15, 0.2) is 23.6 Å². The fourth-order valence-corrected chi connectivity index (χ4v) is 2.70. The molecule has 0 fully saturated rings. The Morgan fingerprint density at radius 1 is 0.964 bits per heavy atom. The standard InChI is InChI=1S/C21H13ClO6/c22-13-3-5-14(6-4-13)26-12-21(24)27-15-7-8-18-16(10-15)17(23)11-20(28-18)19-2-1-9-25-19/h1-11H,12H2. The van der Waals surface area contributed by atoms with Gasteiger partial charge in [0.1, 0.15) is 17.1 Å². The number of ether oxygens (including phenoxy) is 2. The largest absolute Gasteiger partial charge is 0.482 e. The highest BCUT2D eigenvalue weighted by Crippen LogP contribution is 2.25. The molecule has 0 unspecified atom stereocenters. The first-order valence-electron chi connectivity index (χ1n) is 8.29. The summed E-state index contributed by atoms with van der Waals surface area (Å²) in [5.74, 6) is 0.879. The summed E-state index contributed by atoms with van der Waals surface area (Å²) in [7, 11) is 0. The Kier molecular flexibility index (Phi) is 4.87. The highest BCUT2D eigenvalue weighted by molar-refractivity contribution is 6.30. The van der Waals surface area contributed by atoms with E-state index in [1.165, 1.54) is 24.5 Å². The van der Waals surface area contributed by atoms with E-state index in [1.54, 1.807) is 42.5 Å². The van der Waals surface area contributed by atoms with Gasteiger partial charge in [-0.2, -0.15) is 0 Å². The van der Waals surface area contributed by atoms with Crippen molar-refractivity contribution in [3.05, 3.63) is 82.2 Å². The first kappa shape index (κ1) is 17.9. The predicted octanol–water partition coefficient (Wildman–Crippen LogP) is 4.69. The molecule has 0 bridgehead atoms. The molecule has 28 heavy (non-hydrogen) atoms. The summed E-state index contributed by atoms with van der Waals surface area (Å²) in [6.45, 7) is -0.286. The van der Waals surface area contributed by atoms with E-state index in [0.29, 0.717) is 33.3 Å². The molecule has 0 saturated heterocycles. The highest BCUT2D eigenvalue weighted by atomic mass is 35.5. The molecule has 0 aliphatic rings. The van der Waals surface area contributed by atoms with Gasteiger partial charge in [0.2, 0.25) is 0 Å². The Balaban J connectivity index is 1.49. The Bertz CT molecular complexity index is 1180. The molecule has 2 aromatic carbocycles. The number of esters is 1. The SMILES string of the molecule is O=C(COc1ccc(Cl)cc1)Oc1ccc2oc(-c3ccco3)cc(=O)c2c1. The van der Waals surface area contributed by atoms with Gasteiger partial charge < -0.3 is 18.3 Å². The summed E-state index contributed by atoms with van der Waals surface area (Å²) in [5.41, 5.74) is 0.0825. The van der Waals surface area contributed by atoms with Crippen LogP contribution in [0.1, 0.15) is 0 Å². The minimum atomic E-state index is -0.606. The smallest absolute Gasteiger partial charge is 0.349 e. The summed E-state index contributed by atoms with van der Waals surface area (Å²) in [6, 6.07) is 15.9. The number of furan rings is 1. The van der Waals surface area contributed by atoms with Crippen LogP contribution in [-0.2, 0) is 4.79 Å². The van der Waals surface area contributed by atoms with Crippen LogP contribution in [0.3, 0.4) is 0 Å². The number of fused-ring (bicyclic) bond motifs is 1. The second kappa shape index (κ2) is 7.62. The Labute approximate surface area is 163 Å². The Hall–Kier alpha value is -3.51. The molecule has 2 aromatic heterocycles. The molecular weight excluding hydrogens is 384 g/mol. The minimum absolute atomic E-state index is 0.218. The Morgan fingerprint density at radius 3 is 2.50 bits per heavy atom. The van der Waals surface area contributed by atoms with Crippen molar-refractivity contribution in [3.8, 4) is 23.0 Å². The van der Waals surface area contributed by atoms with Crippen LogP contribution in [0.5, 0.6) is 11.5 Å². The second-order valence-electron chi connectivity index (χ2n) is 5.83. The fraction of sp³-hybridized carbons (Fsp3) is 0.0476. The van der Waals surface area contributed by atoms with Gasteiger partial charge in [-0.25, -0.2) is 4.79 Å². The summed E-state index contributed by atoms with van der Waals surface area (Å²) < 4.78 is 21.5. The molecule has 0 amide bonds. The lowest BCUT2D eigenvalue weighted by Gasteiger charge is -2.07. The van der Waals surface area contributed by atoms with Gasteiger partial charge in [-0.1, -0.05) is 11.6 Å². The number of rotatable bonds is 5. The van der Waals surface area contributed by atoms with Crippen LogP contribution in [-0.4, -0.2) is 12.6 Å². The molecule has 7 heteroatoms. The van der Waals surface area contributed by atoms with Crippen molar-refractivity contribution in [2.45, 2.75) is 0 Å². The van der Waals surface area contributed by atoms with E-state index in [0.717, 1.165) is 0 Å². The van der Waals surface area contributed by atoms with E-state index >= 15 is 0 Å². The van der Waals surface area contributed by atoms with Gasteiger partial charge in [0.05, 0.1) is 11.6 Å². The van der Waals surface area contributed by atoms with Gasteiger partial charge in [-0.15, -0.1) is 0 Å². The third-order valence-corrected chi connectivity index (χ3v) is 4.12. The van der Waals surface area contributed by atoms with Crippen LogP contribution >= 0.6 is 11.6 Å². The van der Waals surface area contributed by atoms with Crippen molar-refractivity contribution < 1.29 is 23.1 Å². The van der Waals surface area contributed by atoms with E-state index in [4.69, 9.17) is 29.9 Å². The van der Waals surface area contributed by atoms with Crippen molar-refractivity contribution in [3.63, 3.8) is 0 Å². The van der Waals surface area contributed by atoms with E-state index in [1.807, 2.05) is 0 Å². The molecule has 0 saturated carbocycles. The summed E-state index contributed by atoms with van der Waals surface area (Å²) >= 11 is 5.80. The van der Waals surface area contributed by atoms with Gasteiger partial charge in [-0.05, 0) is 54.6 Å². The molecule has 140 valence electrons. The van der Waals surface area contributed by atoms with Crippen LogP contribution in [0, 0.1) is 0 Å². The molecule has 6 nitrogen and oxygen atoms in total. The topological polar surface area (TPSA) is 78.9 Å². The van der Waals surface area contributed by atoms with Gasteiger partial charge in [0, 0.05) is 11.1 Å². The zero-order valence-electron chi connectivity index (χ0n) is 14.4. The lowest BCUT2D eigenvalue weighted by Crippen LogP contribution is -2.17. The maximum Gasteiger partial charge on any atom is 0.349 e. The third-order valence-electron chi connectivity index (χ3n) is 3.86. The van der Waals surface area contributed by atoms with Gasteiger partial charge in [0.25, 0.3) is 0 Å². The summed E-state index contributed by atoms with van der Waals surface area (Å²) in [4.78, 5) is 24.4. The predicted molar refractivity (Wildman–Crippen MR) is 103 cm³/mol. The zero-order chi connectivity index (χ0) is 19.5. The monoisotopic (exact) mass is 396 g/mol. The molecular formula is C21H13ClO6. The lowest BCUT2D eigenvalue weighted by atomic mass is 10.2. The van der Waals surface area contributed by atoms with Crippen LogP contribution in [0.2, 0.25) is 5.02 Å². The number of carbonyl (C=O) groups is 1. The summed E-state index contributed by atoms with van der Waals surface area (Å²) in [6.07, 6.45) is 1.49. The van der Waals surface area contributed by atoms with Crippen LogP contribution < -0.4 is 14.9 Å². The molecule has 0 aliphatic carbocycles. The highest BCUT2D eigenvalue weighted by Gasteiger charge is 2.12. The number of hydrogen-bond donors (Lipinski definition) is 0. The summed E-state index contributed by atoms with van der Waals surface area (Å²) in [5, 5.41) is 0.861. The normalized spacial score (nSPS) is 10.8. The van der Waals surface area contributed by atoms with E-state index in [-0.39, 0.29) is 17.8 Å².